The molecule has 2 rings (SSSR count). The predicted molar refractivity (Wildman–Crippen MR) is 68.6 cm³/mol. The Morgan fingerprint density at radius 1 is 1.50 bits per heavy atom. The molecular formula is C11H15NO4S2. The van der Waals surface area contributed by atoms with Crippen LogP contribution in [0.5, 0.6) is 0 Å². The van der Waals surface area contributed by atoms with Gasteiger partial charge in [-0.25, -0.2) is 8.42 Å². The maximum absolute atomic E-state index is 12.3. The molecule has 0 N–H and O–H groups in total. The number of ketones is 1. The van der Waals surface area contributed by atoms with Gasteiger partial charge in [0.1, 0.15) is 4.21 Å². The van der Waals surface area contributed by atoms with E-state index >= 15 is 0 Å². The minimum atomic E-state index is -3.50. The van der Waals surface area contributed by atoms with Crippen LogP contribution in [0.2, 0.25) is 0 Å². The van der Waals surface area contributed by atoms with E-state index in [9.17, 15) is 13.2 Å². The van der Waals surface area contributed by atoms with Crippen LogP contribution in [0.4, 0.5) is 0 Å². The van der Waals surface area contributed by atoms with Crippen molar-refractivity contribution in [1.82, 2.24) is 4.31 Å². The van der Waals surface area contributed by atoms with Gasteiger partial charge in [-0.1, -0.05) is 0 Å². The number of hydrogen-bond donors (Lipinski definition) is 0. The first kappa shape index (κ1) is 13.7. The fraction of sp³-hybridized carbons (Fsp3) is 0.545. The van der Waals surface area contributed by atoms with Gasteiger partial charge in [0.05, 0.1) is 12.1 Å². The van der Waals surface area contributed by atoms with Crippen molar-refractivity contribution < 1.29 is 17.9 Å². The Morgan fingerprint density at radius 2 is 2.22 bits per heavy atom. The van der Waals surface area contributed by atoms with E-state index in [-0.39, 0.29) is 16.5 Å². The Morgan fingerprint density at radius 3 is 2.89 bits per heavy atom. The molecule has 18 heavy (non-hydrogen) atoms. The van der Waals surface area contributed by atoms with Crippen molar-refractivity contribution >= 4 is 27.1 Å². The molecule has 0 saturated heterocycles. The van der Waals surface area contributed by atoms with Gasteiger partial charge in [-0.2, -0.15) is 4.31 Å². The highest BCUT2D eigenvalue weighted by Gasteiger charge is 2.37. The zero-order chi connectivity index (χ0) is 13.3. The second kappa shape index (κ2) is 5.08. The summed E-state index contributed by atoms with van der Waals surface area (Å²) in [5.74, 6) is -0.124. The number of sulfonamides is 1. The van der Waals surface area contributed by atoms with Gasteiger partial charge in [0.2, 0.25) is 0 Å². The molecule has 7 heteroatoms. The van der Waals surface area contributed by atoms with Crippen LogP contribution in [-0.2, 0) is 14.8 Å². The Hall–Kier alpha value is -0.760. The first-order valence-corrected chi connectivity index (χ1v) is 7.85. The van der Waals surface area contributed by atoms with Crippen LogP contribution in [0, 0.1) is 6.92 Å². The SMILES string of the molecule is COCCCN1CC(=O)c2cc(C)sc2S1(=O)=O. The Bertz CT molecular complexity index is 562. The number of aryl methyl sites for hydroxylation is 1. The molecule has 0 fully saturated rings. The number of nitrogens with zero attached hydrogens (tertiary/aromatic N) is 1. The molecule has 0 saturated carbocycles. The van der Waals surface area contributed by atoms with Crippen molar-refractivity contribution in [3.63, 3.8) is 0 Å². The van der Waals surface area contributed by atoms with Gasteiger partial charge in [0.25, 0.3) is 10.0 Å². The van der Waals surface area contributed by atoms with Crippen LogP contribution in [0.1, 0.15) is 21.7 Å². The van der Waals surface area contributed by atoms with Crippen LogP contribution in [0.25, 0.3) is 0 Å². The second-order valence-electron chi connectivity index (χ2n) is 4.17. The molecule has 0 radical (unpaired) electrons. The number of carbonyl (C=O) groups is 1. The standard InChI is InChI=1S/C11H15NO4S2/c1-8-6-9-10(13)7-12(4-3-5-16-2)18(14,15)11(9)17-8/h6H,3-5,7H2,1-2H3. The number of carbonyl (C=O) groups excluding carboxylic acids is 1. The largest absolute Gasteiger partial charge is 0.385 e. The van der Waals surface area contributed by atoms with Gasteiger partial charge >= 0.3 is 0 Å². The van der Waals surface area contributed by atoms with E-state index in [1.165, 1.54) is 4.31 Å². The van der Waals surface area contributed by atoms with Crippen LogP contribution in [0.3, 0.4) is 0 Å². The number of Topliss-reactive ketones (excluding diaryl/α,β-unsaturated/α-hetero) is 1. The van der Waals surface area contributed by atoms with Crippen LogP contribution in [-0.4, -0.2) is 45.3 Å². The van der Waals surface area contributed by atoms with Gasteiger partial charge in [-0.05, 0) is 19.4 Å². The Labute approximate surface area is 110 Å². The Balaban J connectivity index is 2.30. The molecule has 0 amide bonds. The van der Waals surface area contributed by atoms with Gasteiger partial charge in [-0.15, -0.1) is 11.3 Å². The lowest BCUT2D eigenvalue weighted by Crippen LogP contribution is -2.40. The highest BCUT2D eigenvalue weighted by Crippen LogP contribution is 2.33. The number of fused-ring (bicyclic) bond motifs is 1. The lowest BCUT2D eigenvalue weighted by Gasteiger charge is -2.24. The van der Waals surface area contributed by atoms with Crippen molar-refractivity contribution in [3.05, 3.63) is 16.5 Å². The third kappa shape index (κ3) is 2.35. The topological polar surface area (TPSA) is 63.7 Å². The molecule has 100 valence electrons. The summed E-state index contributed by atoms with van der Waals surface area (Å²) in [7, 11) is -1.93. The van der Waals surface area contributed by atoms with E-state index in [4.69, 9.17) is 4.74 Å². The van der Waals surface area contributed by atoms with Crippen LogP contribution in [0.15, 0.2) is 10.3 Å². The fourth-order valence-electron chi connectivity index (χ4n) is 1.91. The smallest absolute Gasteiger partial charge is 0.253 e. The molecule has 0 spiro atoms. The maximum atomic E-state index is 12.3. The first-order chi connectivity index (χ1) is 8.46. The van der Waals surface area contributed by atoms with Crippen LogP contribution >= 0.6 is 11.3 Å². The summed E-state index contributed by atoms with van der Waals surface area (Å²) < 4.78 is 30.9. The lowest BCUT2D eigenvalue weighted by molar-refractivity contribution is 0.0952. The van der Waals surface area contributed by atoms with Crippen molar-refractivity contribution in [3.8, 4) is 0 Å². The molecule has 1 aliphatic rings. The number of ether oxygens (including phenoxy) is 1. The number of rotatable bonds is 4. The minimum Gasteiger partial charge on any atom is -0.385 e. The Kier molecular flexibility index (Phi) is 3.86. The summed E-state index contributed by atoms with van der Waals surface area (Å²) >= 11 is 1.16. The maximum Gasteiger partial charge on any atom is 0.253 e. The molecule has 2 heterocycles. The summed E-state index contributed by atoms with van der Waals surface area (Å²) in [4.78, 5) is 12.7. The summed E-state index contributed by atoms with van der Waals surface area (Å²) in [5, 5.41) is 0. The zero-order valence-corrected chi connectivity index (χ0v) is 11.9. The molecule has 1 aliphatic heterocycles. The summed E-state index contributed by atoms with van der Waals surface area (Å²) in [6.45, 7) is 2.55. The third-order valence-corrected chi connectivity index (χ3v) is 6.18. The molecule has 1 aromatic heterocycles. The number of methoxy groups -OCH3 is 1. The zero-order valence-electron chi connectivity index (χ0n) is 10.3. The summed E-state index contributed by atoms with van der Waals surface area (Å²) in [5.41, 5.74) is 0.348. The lowest BCUT2D eigenvalue weighted by atomic mass is 10.2. The molecule has 0 atom stereocenters. The van der Waals surface area contributed by atoms with E-state index < -0.39 is 10.0 Å². The first-order valence-electron chi connectivity index (χ1n) is 5.59. The second-order valence-corrected chi connectivity index (χ2v) is 7.56. The normalized spacial score (nSPS) is 18.9. The van der Waals surface area contributed by atoms with Gasteiger partial charge in [-0.3, -0.25) is 4.79 Å². The molecule has 5 nitrogen and oxygen atoms in total. The van der Waals surface area contributed by atoms with Crippen molar-refractivity contribution in [2.75, 3.05) is 26.8 Å². The van der Waals surface area contributed by atoms with Gasteiger partial charge in [0.15, 0.2) is 5.78 Å². The van der Waals surface area contributed by atoms with Crippen LogP contribution < -0.4 is 0 Å². The van der Waals surface area contributed by atoms with Gasteiger partial charge in [0, 0.05) is 25.1 Å². The average Bonchev–Trinajstić information content (AvgIpc) is 2.70. The number of hydrogen-bond acceptors (Lipinski definition) is 5. The molecule has 0 bridgehead atoms. The monoisotopic (exact) mass is 289 g/mol. The van der Waals surface area contributed by atoms with Crippen molar-refractivity contribution in [2.24, 2.45) is 0 Å². The van der Waals surface area contributed by atoms with E-state index in [0.29, 0.717) is 25.1 Å². The molecule has 0 aromatic carbocycles. The highest BCUT2D eigenvalue weighted by atomic mass is 32.2. The summed E-state index contributed by atoms with van der Waals surface area (Å²) in [6.07, 6.45) is 0.586. The third-order valence-electron chi connectivity index (χ3n) is 2.77. The molecule has 0 aliphatic carbocycles. The van der Waals surface area contributed by atoms with E-state index in [2.05, 4.69) is 0 Å². The van der Waals surface area contributed by atoms with E-state index in [1.54, 1.807) is 20.1 Å². The van der Waals surface area contributed by atoms with E-state index in [0.717, 1.165) is 16.2 Å². The number of thiophene rings is 1. The van der Waals surface area contributed by atoms with Crippen molar-refractivity contribution in [1.29, 1.82) is 0 Å². The molecular weight excluding hydrogens is 274 g/mol. The highest BCUT2D eigenvalue weighted by molar-refractivity contribution is 7.91. The fourth-order valence-corrected chi connectivity index (χ4v) is 5.14. The molecule has 1 aromatic rings. The average molecular weight is 289 g/mol. The van der Waals surface area contributed by atoms with Gasteiger partial charge < -0.3 is 4.74 Å². The quantitative estimate of drug-likeness (QED) is 0.783. The van der Waals surface area contributed by atoms with E-state index in [1.807, 2.05) is 0 Å². The van der Waals surface area contributed by atoms with Crippen molar-refractivity contribution in [2.45, 2.75) is 17.6 Å². The predicted octanol–water partition coefficient (Wildman–Crippen LogP) is 1.28. The minimum absolute atomic E-state index is 0.0603. The molecule has 0 unspecified atom stereocenters. The summed E-state index contributed by atoms with van der Waals surface area (Å²) in [6, 6.07) is 1.66.